The molecule has 4 aromatic rings. The van der Waals surface area contributed by atoms with Crippen LogP contribution in [0.1, 0.15) is 55.1 Å². The fraction of sp³-hybridized carbons (Fsp3) is 0.226. The van der Waals surface area contributed by atoms with Crippen LogP contribution in [0.15, 0.2) is 95.8 Å². The van der Waals surface area contributed by atoms with Crippen LogP contribution >= 0.6 is 0 Å². The van der Waals surface area contributed by atoms with Gasteiger partial charge in [0.05, 0.1) is 18.4 Å². The number of anilines is 1. The van der Waals surface area contributed by atoms with Crippen LogP contribution in [0.25, 0.3) is 11.4 Å². The van der Waals surface area contributed by atoms with Gasteiger partial charge in [0.1, 0.15) is 18.3 Å². The SMILES string of the molecule is CCCC(C)c1cn(-c2ccc(C(=C3C=CC(=NCc4ccccc4)N3B(F)F)c3ccc(NC(=O)CO)cc3)[nH]2)nn1. The second-order valence-electron chi connectivity index (χ2n) is 10.2. The van der Waals surface area contributed by atoms with E-state index in [0.29, 0.717) is 28.3 Å². The number of nitrogens with one attached hydrogen (secondary N) is 2. The first-order valence-electron chi connectivity index (χ1n) is 14.1. The Hall–Kier alpha value is -4.84. The summed E-state index contributed by atoms with van der Waals surface area (Å²) in [5.74, 6) is 0.483. The molecule has 0 spiro atoms. The number of amidine groups is 1. The summed E-state index contributed by atoms with van der Waals surface area (Å²) in [4.78, 5) is 20.4. The molecule has 43 heavy (non-hydrogen) atoms. The minimum Gasteiger partial charge on any atom is -0.387 e. The van der Waals surface area contributed by atoms with Crippen molar-refractivity contribution in [2.75, 3.05) is 11.9 Å². The highest BCUT2D eigenvalue weighted by Crippen LogP contribution is 2.34. The van der Waals surface area contributed by atoms with Gasteiger partial charge >= 0.3 is 7.40 Å². The molecule has 1 aliphatic heterocycles. The van der Waals surface area contributed by atoms with Gasteiger partial charge in [0.2, 0.25) is 5.91 Å². The number of allylic oxidation sites excluding steroid dienone is 1. The highest BCUT2D eigenvalue weighted by molar-refractivity contribution is 6.46. The van der Waals surface area contributed by atoms with E-state index in [4.69, 9.17) is 5.11 Å². The fourth-order valence-corrected chi connectivity index (χ4v) is 4.96. The van der Waals surface area contributed by atoms with Gasteiger partial charge in [0, 0.05) is 28.6 Å². The van der Waals surface area contributed by atoms with Crippen LogP contribution in [0.3, 0.4) is 0 Å². The second kappa shape index (κ2) is 13.4. The number of amides is 1. The summed E-state index contributed by atoms with van der Waals surface area (Å²) in [6.45, 7) is 3.83. The number of aliphatic hydroxyl groups is 1. The molecule has 0 radical (unpaired) electrons. The monoisotopic (exact) mass is 583 g/mol. The predicted molar refractivity (Wildman–Crippen MR) is 164 cm³/mol. The van der Waals surface area contributed by atoms with E-state index in [1.807, 2.05) is 48.7 Å². The maximum atomic E-state index is 14.7. The molecular weight excluding hydrogens is 551 g/mol. The van der Waals surface area contributed by atoms with Gasteiger partial charge in [0.25, 0.3) is 0 Å². The number of carbonyl (C=O) groups excluding carboxylic acids is 1. The number of rotatable bonds is 11. The molecule has 220 valence electrons. The Bertz CT molecular complexity index is 1650. The number of aromatic nitrogens is 4. The average molecular weight is 583 g/mol. The summed E-state index contributed by atoms with van der Waals surface area (Å²) in [6.07, 6.45) is 7.11. The Morgan fingerprint density at radius 3 is 2.56 bits per heavy atom. The highest BCUT2D eigenvalue weighted by Gasteiger charge is 2.35. The normalized spacial score (nSPS) is 15.7. The summed E-state index contributed by atoms with van der Waals surface area (Å²) in [6, 6.07) is 19.8. The van der Waals surface area contributed by atoms with E-state index >= 15 is 0 Å². The standard InChI is InChI=1S/C31H32BF2N7O2/c1-3-7-21(2)26-19-40(39-38-26)29-16-14-25(37-29)31(23-10-12-24(13-11-23)36-30(43)20-42)27-15-17-28(41(27)32(33)34)35-18-22-8-5-4-6-9-22/h4-6,8-17,19,21,37,42H,3,7,18,20H2,1-2H3,(H,36,43). The lowest BCUT2D eigenvalue weighted by molar-refractivity contribution is -0.118. The van der Waals surface area contributed by atoms with Crippen molar-refractivity contribution >= 4 is 30.4 Å². The largest absolute Gasteiger partial charge is 0.679 e. The molecule has 0 fully saturated rings. The minimum atomic E-state index is -2.86. The number of hydrogen-bond donors (Lipinski definition) is 3. The van der Waals surface area contributed by atoms with Gasteiger partial charge in [-0.1, -0.05) is 67.9 Å². The van der Waals surface area contributed by atoms with E-state index in [1.165, 1.54) is 0 Å². The third-order valence-electron chi connectivity index (χ3n) is 7.14. The molecule has 0 saturated heterocycles. The van der Waals surface area contributed by atoms with Gasteiger partial charge in [-0.3, -0.25) is 18.4 Å². The Morgan fingerprint density at radius 2 is 1.86 bits per heavy atom. The molecule has 12 heteroatoms. The average Bonchev–Trinajstić information content (AvgIpc) is 3.78. The van der Waals surface area contributed by atoms with Crippen molar-refractivity contribution in [2.24, 2.45) is 4.99 Å². The lowest BCUT2D eigenvalue weighted by Crippen LogP contribution is -2.34. The van der Waals surface area contributed by atoms with Crippen LogP contribution in [-0.4, -0.2) is 55.6 Å². The molecule has 3 heterocycles. The molecule has 0 aliphatic carbocycles. The van der Waals surface area contributed by atoms with Crippen molar-refractivity contribution < 1.29 is 18.5 Å². The molecule has 3 N–H and O–H groups in total. The summed E-state index contributed by atoms with van der Waals surface area (Å²) >= 11 is 0. The van der Waals surface area contributed by atoms with Crippen molar-refractivity contribution in [3.63, 3.8) is 0 Å². The Balaban J connectivity index is 1.56. The summed E-state index contributed by atoms with van der Waals surface area (Å²) in [5.41, 5.74) is 4.22. The first-order valence-corrected chi connectivity index (χ1v) is 14.1. The van der Waals surface area contributed by atoms with Gasteiger partial charge in [0.15, 0.2) is 0 Å². The molecule has 1 atom stereocenters. The predicted octanol–water partition coefficient (Wildman–Crippen LogP) is 5.58. The van der Waals surface area contributed by atoms with Gasteiger partial charge in [-0.25, -0.2) is 4.68 Å². The Morgan fingerprint density at radius 1 is 1.09 bits per heavy atom. The molecule has 2 aromatic carbocycles. The van der Waals surface area contributed by atoms with Crippen molar-refractivity contribution in [3.8, 4) is 5.82 Å². The number of H-pyrrole nitrogens is 1. The topological polar surface area (TPSA) is 111 Å². The number of benzene rings is 2. The van der Waals surface area contributed by atoms with E-state index in [2.05, 4.69) is 39.5 Å². The second-order valence-corrected chi connectivity index (χ2v) is 10.2. The Kier molecular flexibility index (Phi) is 9.26. The molecular formula is C31H32BF2N7O2. The van der Waals surface area contributed by atoms with E-state index < -0.39 is 19.9 Å². The molecule has 2 aromatic heterocycles. The van der Waals surface area contributed by atoms with E-state index in [-0.39, 0.29) is 24.0 Å². The van der Waals surface area contributed by atoms with E-state index in [0.717, 1.165) is 28.9 Å². The molecule has 9 nitrogen and oxygen atoms in total. The van der Waals surface area contributed by atoms with Crippen LogP contribution in [0.4, 0.5) is 14.3 Å². The summed E-state index contributed by atoms with van der Waals surface area (Å²) < 4.78 is 31.0. The summed E-state index contributed by atoms with van der Waals surface area (Å²) in [7, 11) is -2.86. The maximum absolute atomic E-state index is 14.7. The minimum absolute atomic E-state index is 0.149. The molecule has 0 bridgehead atoms. The first kappa shape index (κ1) is 29.7. The number of halogens is 2. The zero-order chi connectivity index (χ0) is 30.3. The number of nitrogens with zero attached hydrogens (tertiary/aromatic N) is 5. The van der Waals surface area contributed by atoms with Crippen LogP contribution in [0.5, 0.6) is 0 Å². The van der Waals surface area contributed by atoms with Gasteiger partial charge in [-0.05, 0) is 54.0 Å². The van der Waals surface area contributed by atoms with Crippen LogP contribution in [0, 0.1) is 0 Å². The van der Waals surface area contributed by atoms with Gasteiger partial charge < -0.3 is 20.2 Å². The van der Waals surface area contributed by atoms with Gasteiger partial charge in [-0.15, -0.1) is 5.10 Å². The van der Waals surface area contributed by atoms with Crippen molar-refractivity contribution in [1.82, 2.24) is 24.8 Å². The number of aliphatic imine (C=N–C) groups is 1. The zero-order valence-corrected chi connectivity index (χ0v) is 23.9. The molecule has 0 saturated carbocycles. The highest BCUT2D eigenvalue weighted by atomic mass is 19.2. The van der Waals surface area contributed by atoms with Crippen LogP contribution < -0.4 is 5.32 Å². The smallest absolute Gasteiger partial charge is 0.387 e. The number of carbonyl (C=O) groups is 1. The lowest BCUT2D eigenvalue weighted by atomic mass is 9.98. The fourth-order valence-electron chi connectivity index (χ4n) is 4.96. The third-order valence-corrected chi connectivity index (χ3v) is 7.14. The maximum Gasteiger partial charge on any atom is 0.679 e. The third kappa shape index (κ3) is 6.81. The molecule has 1 aliphatic rings. The van der Waals surface area contributed by atoms with Crippen LogP contribution in [0.2, 0.25) is 0 Å². The summed E-state index contributed by atoms with van der Waals surface area (Å²) in [5, 5.41) is 20.3. The van der Waals surface area contributed by atoms with Crippen LogP contribution in [-0.2, 0) is 11.3 Å². The van der Waals surface area contributed by atoms with Crippen molar-refractivity contribution in [3.05, 3.63) is 113 Å². The first-order chi connectivity index (χ1) is 20.9. The number of hydrogen-bond acceptors (Lipinski definition) is 5. The van der Waals surface area contributed by atoms with E-state index in [1.54, 1.807) is 41.1 Å². The Labute approximate surface area is 248 Å². The van der Waals surface area contributed by atoms with E-state index in [9.17, 15) is 13.4 Å². The van der Waals surface area contributed by atoms with Crippen molar-refractivity contribution in [1.29, 1.82) is 0 Å². The number of aliphatic hydroxyl groups excluding tert-OH is 1. The quantitative estimate of drug-likeness (QED) is 0.200. The van der Waals surface area contributed by atoms with Gasteiger partial charge in [-0.2, -0.15) is 0 Å². The lowest BCUT2D eigenvalue weighted by Gasteiger charge is -2.22. The van der Waals surface area contributed by atoms with Crippen molar-refractivity contribution in [2.45, 2.75) is 39.2 Å². The molecule has 1 amide bonds. The molecule has 5 rings (SSSR count). The molecule has 1 unspecified atom stereocenters. The zero-order valence-electron chi connectivity index (χ0n) is 23.9. The number of aromatic amines is 1.